The maximum absolute atomic E-state index is 13.5. The van der Waals surface area contributed by atoms with E-state index >= 15 is 0 Å². The summed E-state index contributed by atoms with van der Waals surface area (Å²) in [6, 6.07) is 12.2. The van der Waals surface area contributed by atoms with Gasteiger partial charge >= 0.3 is 0 Å². The van der Waals surface area contributed by atoms with Gasteiger partial charge in [0.25, 0.3) is 5.91 Å². The van der Waals surface area contributed by atoms with Crippen LogP contribution in [-0.2, 0) is 17.4 Å². The van der Waals surface area contributed by atoms with Gasteiger partial charge < -0.3 is 14.5 Å². The van der Waals surface area contributed by atoms with Crippen LogP contribution < -0.4 is 14.4 Å². The number of unbranched alkanes of at least 4 members (excludes halogenated alkanes) is 1. The van der Waals surface area contributed by atoms with Crippen LogP contribution in [0.15, 0.2) is 36.4 Å². The fraction of sp³-hybridized carbons (Fsp3) is 0.675. The molecule has 0 spiro atoms. The molecule has 1 aliphatic carbocycles. The number of ether oxygens (including phenoxy) is 1. The smallest absolute Gasteiger partial charge is 0.263 e. The molecule has 8 atom stereocenters. The van der Waals surface area contributed by atoms with Crippen molar-refractivity contribution in [2.75, 3.05) is 44.7 Å². The molecule has 3 heterocycles. The Kier molecular flexibility index (Phi) is 12.1. The van der Waals surface area contributed by atoms with Crippen molar-refractivity contribution in [3.8, 4) is 5.75 Å². The molecule has 6 rings (SSSR count). The number of amides is 1. The second kappa shape index (κ2) is 16.3. The zero-order chi connectivity index (χ0) is 33.8. The van der Waals surface area contributed by atoms with Crippen molar-refractivity contribution in [2.45, 2.75) is 103 Å². The number of aryl methyl sites for hydroxylation is 1. The Balaban J connectivity index is 1.34. The summed E-state index contributed by atoms with van der Waals surface area (Å²) in [6.45, 7) is 11.3. The first kappa shape index (κ1) is 35.7. The molecule has 264 valence electrons. The third kappa shape index (κ3) is 8.43. The normalized spacial score (nSPS) is 31.9. The number of halogens is 1. The predicted molar refractivity (Wildman–Crippen MR) is 200 cm³/mol. The van der Waals surface area contributed by atoms with Gasteiger partial charge in [-0.15, -0.1) is 0 Å². The zero-order valence-electron chi connectivity index (χ0n) is 29.7. The molecule has 8 unspecified atom stereocenters. The average molecular weight is 696 g/mol. The van der Waals surface area contributed by atoms with Crippen LogP contribution in [0.4, 0.5) is 5.69 Å². The Labute approximate surface area is 297 Å². The molecule has 48 heavy (non-hydrogen) atoms. The van der Waals surface area contributed by atoms with Gasteiger partial charge in [0.05, 0.1) is 17.5 Å². The zero-order valence-corrected chi connectivity index (χ0v) is 31.3. The van der Waals surface area contributed by atoms with Gasteiger partial charge in [0.1, 0.15) is 16.7 Å². The van der Waals surface area contributed by atoms with Crippen LogP contribution in [0, 0.1) is 29.6 Å². The molecule has 3 aliphatic heterocycles. The van der Waals surface area contributed by atoms with Crippen LogP contribution in [0.3, 0.4) is 0 Å². The minimum absolute atomic E-state index is 0.105. The monoisotopic (exact) mass is 695 g/mol. The number of hydrogen-bond donors (Lipinski definition) is 1. The lowest BCUT2D eigenvalue weighted by Gasteiger charge is -2.46. The third-order valence-corrected chi connectivity index (χ3v) is 14.0. The Morgan fingerprint density at radius 2 is 1.85 bits per heavy atom. The lowest BCUT2D eigenvalue weighted by molar-refractivity contribution is 0.0698. The van der Waals surface area contributed by atoms with Crippen molar-refractivity contribution >= 4 is 34.2 Å². The molecule has 6 nitrogen and oxygen atoms in total. The summed E-state index contributed by atoms with van der Waals surface area (Å²) < 4.78 is 22.9. The molecule has 2 bridgehead atoms. The average Bonchev–Trinajstić information content (AvgIpc) is 3.23. The quantitative estimate of drug-likeness (QED) is 0.328. The molecule has 2 aromatic rings. The highest BCUT2D eigenvalue weighted by Gasteiger charge is 2.40. The lowest BCUT2D eigenvalue weighted by Crippen LogP contribution is -2.44. The number of anilines is 1. The van der Waals surface area contributed by atoms with Crippen LogP contribution in [0.1, 0.15) is 112 Å². The fourth-order valence-electron chi connectivity index (χ4n) is 9.07. The molecule has 8 heteroatoms. The minimum Gasteiger partial charge on any atom is -0.491 e. The number of carbonyl (C=O) groups is 1. The number of rotatable bonds is 6. The van der Waals surface area contributed by atoms with Gasteiger partial charge in [0.15, 0.2) is 0 Å². The number of hydrogen-bond acceptors (Lipinski definition) is 5. The maximum Gasteiger partial charge on any atom is 0.263 e. The summed E-state index contributed by atoms with van der Waals surface area (Å²) in [4.78, 5) is 18.6. The van der Waals surface area contributed by atoms with E-state index in [-0.39, 0.29) is 23.0 Å². The number of fused-ring (bicyclic) bond motifs is 2. The third-order valence-electron chi connectivity index (χ3n) is 12.2. The Morgan fingerprint density at radius 1 is 1.00 bits per heavy atom. The lowest BCUT2D eigenvalue weighted by atomic mass is 9.63. The van der Waals surface area contributed by atoms with E-state index in [9.17, 15) is 9.00 Å². The molecule has 0 radical (unpaired) electrons. The van der Waals surface area contributed by atoms with Crippen LogP contribution in [0.25, 0.3) is 0 Å². The van der Waals surface area contributed by atoms with Crippen molar-refractivity contribution in [1.29, 1.82) is 0 Å². The Bertz CT molecular complexity index is 1440. The van der Waals surface area contributed by atoms with E-state index in [2.05, 4.69) is 47.5 Å². The fourth-order valence-corrected chi connectivity index (χ4v) is 10.3. The van der Waals surface area contributed by atoms with Crippen molar-refractivity contribution in [2.24, 2.45) is 29.6 Å². The minimum atomic E-state index is -1.45. The standard InChI is InChI=1S/C40H58ClN3O3S/c1-5-6-11-31-21-35(41)15-17-37(31)34-25-44-24-33-13-16-36(33)30(20-29-10-8-19-43(4)23-29)12-7-9-27(2)28(3)48(46)42-40(45)32-14-18-39(47-26-34)38(44)22-32/h14-15,17-18,21-22,27-30,33-34,36H,5-13,16,19-20,23-26H2,1-4H3,(H,42,45). The van der Waals surface area contributed by atoms with E-state index in [1.54, 1.807) is 0 Å². The molecule has 1 N–H and O–H groups in total. The molecule has 4 aliphatic rings. The molecule has 0 aromatic heterocycles. The first-order chi connectivity index (χ1) is 23.2. The van der Waals surface area contributed by atoms with E-state index in [1.807, 2.05) is 31.2 Å². The first-order valence-electron chi connectivity index (χ1n) is 18.9. The number of likely N-dealkylation sites (tertiary alicyclic amines) is 1. The largest absolute Gasteiger partial charge is 0.491 e. The molecule has 1 amide bonds. The van der Waals surface area contributed by atoms with Crippen molar-refractivity contribution in [1.82, 2.24) is 9.62 Å². The molecular weight excluding hydrogens is 638 g/mol. The van der Waals surface area contributed by atoms with Gasteiger partial charge in [-0.05, 0) is 143 Å². The number of benzene rings is 2. The topological polar surface area (TPSA) is 61.9 Å². The number of nitrogens with zero attached hydrogens (tertiary/aromatic N) is 2. The molecular formula is C40H58ClN3O3S. The SMILES string of the molecule is CCCCc1cc(Cl)ccc1C1COc2ccc3cc2N(C1)CC1CCC1C(CC1CCCN(C)C1)CCCC(C)C(C)S(=O)NC3=O. The highest BCUT2D eigenvalue weighted by molar-refractivity contribution is 7.84. The van der Waals surface area contributed by atoms with E-state index in [0.717, 1.165) is 79.4 Å². The van der Waals surface area contributed by atoms with E-state index in [1.165, 1.54) is 62.7 Å². The number of nitrogens with one attached hydrogen (secondary N) is 1. The maximum atomic E-state index is 13.5. The number of carbonyl (C=O) groups excluding carboxylic acids is 1. The summed E-state index contributed by atoms with van der Waals surface area (Å²) in [5, 5.41) is 0.684. The molecule has 2 aromatic carbocycles. The first-order valence-corrected chi connectivity index (χ1v) is 20.5. The van der Waals surface area contributed by atoms with Crippen LogP contribution in [-0.4, -0.2) is 60.1 Å². The predicted octanol–water partition coefficient (Wildman–Crippen LogP) is 8.64. The summed E-state index contributed by atoms with van der Waals surface area (Å²) in [5.41, 5.74) is 4.18. The van der Waals surface area contributed by atoms with E-state index in [4.69, 9.17) is 16.3 Å². The van der Waals surface area contributed by atoms with Gasteiger partial charge in [-0.25, -0.2) is 4.21 Å². The van der Waals surface area contributed by atoms with Crippen LogP contribution in [0.2, 0.25) is 5.02 Å². The van der Waals surface area contributed by atoms with Gasteiger partial charge in [0, 0.05) is 36.1 Å². The van der Waals surface area contributed by atoms with Gasteiger partial charge in [0.2, 0.25) is 0 Å². The molecule has 1 saturated carbocycles. The van der Waals surface area contributed by atoms with E-state index < -0.39 is 11.0 Å². The van der Waals surface area contributed by atoms with E-state index in [0.29, 0.717) is 18.1 Å². The van der Waals surface area contributed by atoms with Crippen LogP contribution in [0.5, 0.6) is 5.75 Å². The Hall–Kier alpha value is -2.09. The van der Waals surface area contributed by atoms with Gasteiger partial charge in [-0.2, -0.15) is 0 Å². The van der Waals surface area contributed by atoms with Crippen molar-refractivity contribution in [3.05, 3.63) is 58.1 Å². The Morgan fingerprint density at radius 3 is 2.62 bits per heavy atom. The molecule has 2 fully saturated rings. The van der Waals surface area contributed by atoms with Gasteiger partial charge in [-0.1, -0.05) is 50.8 Å². The second-order valence-corrected chi connectivity index (χ2v) is 17.6. The van der Waals surface area contributed by atoms with Crippen molar-refractivity contribution < 1.29 is 13.7 Å². The summed E-state index contributed by atoms with van der Waals surface area (Å²) in [6.07, 6.45) is 13.3. The number of piperidine rings is 1. The van der Waals surface area contributed by atoms with Crippen LogP contribution >= 0.6 is 11.6 Å². The van der Waals surface area contributed by atoms with Gasteiger partial charge in [-0.3, -0.25) is 9.52 Å². The highest BCUT2D eigenvalue weighted by Crippen LogP contribution is 2.47. The summed E-state index contributed by atoms with van der Waals surface area (Å²) in [7, 11) is 0.837. The summed E-state index contributed by atoms with van der Waals surface area (Å²) in [5.74, 6) is 3.88. The molecule has 1 saturated heterocycles. The highest BCUT2D eigenvalue weighted by atomic mass is 35.5. The summed E-state index contributed by atoms with van der Waals surface area (Å²) >= 11 is 6.52. The van der Waals surface area contributed by atoms with Crippen molar-refractivity contribution in [3.63, 3.8) is 0 Å². The second-order valence-electron chi connectivity index (χ2n) is 15.7.